The van der Waals surface area contributed by atoms with Gasteiger partial charge in [0.25, 0.3) is 0 Å². The van der Waals surface area contributed by atoms with E-state index in [2.05, 4.69) is 205 Å². The molecule has 10 aromatic carbocycles. The monoisotopic (exact) mass is 809 g/mol. The molecule has 13 rings (SSSR count). The molecule has 0 unspecified atom stereocenters. The molecule has 0 aliphatic rings. The Labute approximate surface area is 360 Å². The Bertz CT molecular complexity index is 3870. The number of anilines is 3. The molecule has 0 N–H and O–H groups in total. The minimum atomic E-state index is 0.849. The van der Waals surface area contributed by atoms with Crippen molar-refractivity contribution in [3.8, 4) is 33.4 Å². The van der Waals surface area contributed by atoms with Crippen molar-refractivity contribution < 1.29 is 8.83 Å². The zero-order valence-corrected chi connectivity index (χ0v) is 34.2. The summed E-state index contributed by atoms with van der Waals surface area (Å²) in [5, 5.41) is 9.49. The smallest absolute Gasteiger partial charge is 0.160 e. The van der Waals surface area contributed by atoms with E-state index < -0.39 is 0 Å². The van der Waals surface area contributed by atoms with E-state index in [0.717, 1.165) is 83.2 Å². The third-order valence-electron chi connectivity index (χ3n) is 12.5. The van der Waals surface area contributed by atoms with Gasteiger partial charge in [0.2, 0.25) is 0 Å². The highest BCUT2D eigenvalue weighted by Gasteiger charge is 2.24. The molecule has 0 bridgehead atoms. The van der Waals surface area contributed by atoms with Crippen molar-refractivity contribution in [2.45, 2.75) is 0 Å². The van der Waals surface area contributed by atoms with Crippen molar-refractivity contribution in [2.24, 2.45) is 0 Å². The third kappa shape index (κ3) is 5.51. The minimum Gasteiger partial charge on any atom is -0.456 e. The van der Waals surface area contributed by atoms with Crippen LogP contribution < -0.4 is 4.90 Å². The predicted molar refractivity (Wildman–Crippen MR) is 262 cm³/mol. The van der Waals surface area contributed by atoms with Crippen molar-refractivity contribution in [2.75, 3.05) is 4.90 Å². The van der Waals surface area contributed by atoms with Gasteiger partial charge in [-0.2, -0.15) is 0 Å². The molecule has 3 heterocycles. The van der Waals surface area contributed by atoms with Crippen LogP contribution in [0.1, 0.15) is 0 Å². The summed E-state index contributed by atoms with van der Waals surface area (Å²) in [5.74, 6) is 0. The second-order valence-corrected chi connectivity index (χ2v) is 17.1. The molecule has 3 aromatic heterocycles. The van der Waals surface area contributed by atoms with Gasteiger partial charge in [0.15, 0.2) is 5.58 Å². The molecule has 13 aromatic rings. The fourth-order valence-electron chi connectivity index (χ4n) is 9.48. The summed E-state index contributed by atoms with van der Waals surface area (Å²) in [6.45, 7) is 0. The zero-order chi connectivity index (χ0) is 40.7. The number of fused-ring (bicyclic) bond motifs is 10. The molecule has 0 saturated heterocycles. The number of benzene rings is 10. The topological polar surface area (TPSA) is 29.5 Å². The van der Waals surface area contributed by atoms with Crippen LogP contribution in [0.2, 0.25) is 0 Å². The first-order valence-electron chi connectivity index (χ1n) is 21.0. The van der Waals surface area contributed by atoms with Gasteiger partial charge in [-0.3, -0.25) is 0 Å². The average Bonchev–Trinajstić information content (AvgIpc) is 4.04. The second-order valence-electron chi connectivity index (χ2n) is 16.0. The standard InChI is InChI=1S/C58H35NO2S/c1-2-11-39-34-40(21-20-36(39)10-1)37-22-27-42(28-23-37)59(43-29-24-38(25-30-43)41-26-33-54-50(35-41)44-12-3-6-17-52(44)60-54)51-32-31-46(56-49-14-4-7-18-53(49)61-57(51)56)48-16-9-15-47-45-13-5-8-19-55(45)62-58(47)48/h1-35H. The van der Waals surface area contributed by atoms with Crippen molar-refractivity contribution in [1.29, 1.82) is 0 Å². The highest BCUT2D eigenvalue weighted by atomic mass is 32.1. The van der Waals surface area contributed by atoms with Crippen LogP contribution >= 0.6 is 11.3 Å². The summed E-state index contributed by atoms with van der Waals surface area (Å²) < 4.78 is 15.7. The predicted octanol–water partition coefficient (Wildman–Crippen LogP) is 17.5. The van der Waals surface area contributed by atoms with E-state index in [1.807, 2.05) is 23.5 Å². The van der Waals surface area contributed by atoms with E-state index in [-0.39, 0.29) is 0 Å². The quantitative estimate of drug-likeness (QED) is 0.168. The van der Waals surface area contributed by atoms with Crippen LogP contribution in [-0.4, -0.2) is 0 Å². The molecule has 0 fully saturated rings. The normalized spacial score (nSPS) is 11.9. The fourth-order valence-corrected chi connectivity index (χ4v) is 10.7. The van der Waals surface area contributed by atoms with Crippen LogP contribution in [0.15, 0.2) is 221 Å². The van der Waals surface area contributed by atoms with Gasteiger partial charge in [0.05, 0.1) is 5.69 Å². The van der Waals surface area contributed by atoms with Crippen LogP contribution in [0.25, 0.3) is 108 Å². The van der Waals surface area contributed by atoms with Gasteiger partial charge < -0.3 is 13.7 Å². The van der Waals surface area contributed by atoms with Crippen LogP contribution in [0.4, 0.5) is 17.1 Å². The lowest BCUT2D eigenvalue weighted by molar-refractivity contribution is 0.668. The van der Waals surface area contributed by atoms with Gasteiger partial charge in [-0.1, -0.05) is 146 Å². The third-order valence-corrected chi connectivity index (χ3v) is 13.7. The zero-order valence-electron chi connectivity index (χ0n) is 33.4. The van der Waals surface area contributed by atoms with Crippen LogP contribution in [0.5, 0.6) is 0 Å². The molecular weight excluding hydrogens is 775 g/mol. The van der Waals surface area contributed by atoms with Gasteiger partial charge in [0.1, 0.15) is 16.7 Å². The molecule has 0 spiro atoms. The van der Waals surface area contributed by atoms with Gasteiger partial charge in [0, 0.05) is 58.7 Å². The molecule has 0 saturated carbocycles. The lowest BCUT2D eigenvalue weighted by atomic mass is 9.96. The fraction of sp³-hybridized carbons (Fsp3) is 0. The SMILES string of the molecule is c1ccc2cc(-c3ccc(N(c4ccc(-c5ccc6oc7ccccc7c6c5)cc4)c4ccc(-c5cccc6c5sc5ccccc56)c5c4oc4ccccc45)cc3)ccc2c1. The average molecular weight is 810 g/mol. The Morgan fingerprint density at radius 3 is 1.74 bits per heavy atom. The van der Waals surface area contributed by atoms with Crippen LogP contribution in [0, 0.1) is 0 Å². The first-order chi connectivity index (χ1) is 30.7. The van der Waals surface area contributed by atoms with Crippen LogP contribution in [-0.2, 0) is 0 Å². The summed E-state index contributed by atoms with van der Waals surface area (Å²) in [6, 6.07) is 76.2. The first kappa shape index (κ1) is 34.9. The Kier molecular flexibility index (Phi) is 7.78. The molecule has 290 valence electrons. The van der Waals surface area contributed by atoms with E-state index in [1.165, 1.54) is 42.1 Å². The van der Waals surface area contributed by atoms with Gasteiger partial charge in [-0.25, -0.2) is 0 Å². The highest BCUT2D eigenvalue weighted by Crippen LogP contribution is 2.49. The molecule has 0 aliphatic heterocycles. The molecule has 4 heteroatoms. The van der Waals surface area contributed by atoms with E-state index in [1.54, 1.807) is 0 Å². The number of nitrogens with zero attached hydrogens (tertiary/aromatic N) is 1. The van der Waals surface area contributed by atoms with E-state index >= 15 is 0 Å². The maximum Gasteiger partial charge on any atom is 0.160 e. The molecule has 0 atom stereocenters. The maximum absolute atomic E-state index is 6.99. The molecular formula is C58H35NO2S. The molecule has 0 amide bonds. The number of rotatable bonds is 6. The molecule has 0 radical (unpaired) electrons. The molecule has 3 nitrogen and oxygen atoms in total. The number of hydrogen-bond donors (Lipinski definition) is 0. The number of thiophene rings is 1. The Balaban J connectivity index is 0.992. The minimum absolute atomic E-state index is 0.849. The van der Waals surface area contributed by atoms with Crippen LogP contribution in [0.3, 0.4) is 0 Å². The van der Waals surface area contributed by atoms with E-state index in [9.17, 15) is 0 Å². The van der Waals surface area contributed by atoms with Gasteiger partial charge in [-0.05, 0) is 105 Å². The molecule has 62 heavy (non-hydrogen) atoms. The lowest BCUT2D eigenvalue weighted by Crippen LogP contribution is -2.10. The largest absolute Gasteiger partial charge is 0.456 e. The highest BCUT2D eigenvalue weighted by molar-refractivity contribution is 7.26. The summed E-state index contributed by atoms with van der Waals surface area (Å²) >= 11 is 1.86. The first-order valence-corrected chi connectivity index (χ1v) is 21.8. The van der Waals surface area contributed by atoms with Crippen molar-refractivity contribution >= 4 is 103 Å². The molecule has 0 aliphatic carbocycles. The Morgan fingerprint density at radius 1 is 0.355 bits per heavy atom. The number of furan rings is 2. The summed E-state index contributed by atoms with van der Waals surface area (Å²) in [4.78, 5) is 2.34. The van der Waals surface area contributed by atoms with Gasteiger partial charge >= 0.3 is 0 Å². The van der Waals surface area contributed by atoms with Crippen molar-refractivity contribution in [1.82, 2.24) is 0 Å². The summed E-state index contributed by atoms with van der Waals surface area (Å²) in [6.07, 6.45) is 0. The van der Waals surface area contributed by atoms with Gasteiger partial charge in [-0.15, -0.1) is 11.3 Å². The lowest BCUT2D eigenvalue weighted by Gasteiger charge is -2.26. The summed E-state index contributed by atoms with van der Waals surface area (Å²) in [7, 11) is 0. The second kappa shape index (κ2) is 13.8. The van der Waals surface area contributed by atoms with Crippen molar-refractivity contribution in [3.63, 3.8) is 0 Å². The summed E-state index contributed by atoms with van der Waals surface area (Å²) in [5.41, 5.74) is 13.6. The number of para-hydroxylation sites is 2. The Morgan fingerprint density at radius 2 is 0.952 bits per heavy atom. The van der Waals surface area contributed by atoms with E-state index in [0.29, 0.717) is 0 Å². The Hall–Kier alpha value is -7.92. The van der Waals surface area contributed by atoms with Crippen molar-refractivity contribution in [3.05, 3.63) is 212 Å². The van der Waals surface area contributed by atoms with E-state index in [4.69, 9.17) is 8.83 Å². The number of hydrogen-bond acceptors (Lipinski definition) is 4. The maximum atomic E-state index is 6.99.